The van der Waals surface area contributed by atoms with Crippen LogP contribution in [-0.4, -0.2) is 66.5 Å². The average Bonchev–Trinajstić information content (AvgIpc) is 3.25. The minimum atomic E-state index is -0.547. The number of methoxy groups -OCH3 is 1. The van der Waals surface area contributed by atoms with Gasteiger partial charge in [-0.1, -0.05) is 25.1 Å². The Morgan fingerprint density at radius 2 is 2.14 bits per heavy atom. The number of esters is 1. The van der Waals surface area contributed by atoms with E-state index in [-0.39, 0.29) is 18.2 Å². The SMILES string of the molecule is CCCc1cc(C(=O)OC)c(NC(=O)C[C@H]2SC(N3CCOCC3)=NC2=O)s1. The van der Waals surface area contributed by atoms with E-state index in [9.17, 15) is 14.4 Å². The highest BCUT2D eigenvalue weighted by atomic mass is 32.2. The zero-order valence-corrected chi connectivity index (χ0v) is 17.5. The van der Waals surface area contributed by atoms with Crippen molar-refractivity contribution in [2.75, 3.05) is 38.7 Å². The maximum atomic E-state index is 12.5. The summed E-state index contributed by atoms with van der Waals surface area (Å²) >= 11 is 2.68. The fraction of sp³-hybridized carbons (Fsp3) is 0.556. The topological polar surface area (TPSA) is 97.3 Å². The molecule has 0 bridgehead atoms. The molecular formula is C18H23N3O5S2. The van der Waals surface area contributed by atoms with Crippen molar-refractivity contribution in [3.05, 3.63) is 16.5 Å². The lowest BCUT2D eigenvalue weighted by atomic mass is 10.2. The van der Waals surface area contributed by atoms with E-state index in [0.29, 0.717) is 42.0 Å². The Bertz CT molecular complexity index is 786. The molecule has 1 aromatic heterocycles. The van der Waals surface area contributed by atoms with E-state index in [0.717, 1.165) is 17.7 Å². The summed E-state index contributed by atoms with van der Waals surface area (Å²) in [6, 6.07) is 1.75. The largest absolute Gasteiger partial charge is 0.465 e. The lowest BCUT2D eigenvalue weighted by Gasteiger charge is -2.27. The minimum absolute atomic E-state index is 0.00244. The predicted molar refractivity (Wildman–Crippen MR) is 109 cm³/mol. The van der Waals surface area contributed by atoms with Crippen LogP contribution in [-0.2, 0) is 25.5 Å². The summed E-state index contributed by atoms with van der Waals surface area (Å²) in [5, 5.41) is 3.35. The smallest absolute Gasteiger partial charge is 0.340 e. The van der Waals surface area contributed by atoms with E-state index in [1.807, 2.05) is 11.8 Å². The Labute approximate surface area is 171 Å². The van der Waals surface area contributed by atoms with E-state index >= 15 is 0 Å². The van der Waals surface area contributed by atoms with Gasteiger partial charge in [0.1, 0.15) is 10.3 Å². The monoisotopic (exact) mass is 425 g/mol. The number of hydrogen-bond acceptors (Lipinski definition) is 8. The molecule has 10 heteroatoms. The van der Waals surface area contributed by atoms with Gasteiger partial charge in [0.2, 0.25) is 5.91 Å². The number of hydrogen-bond donors (Lipinski definition) is 1. The van der Waals surface area contributed by atoms with Gasteiger partial charge in [-0.3, -0.25) is 9.59 Å². The lowest BCUT2D eigenvalue weighted by molar-refractivity contribution is -0.121. The maximum Gasteiger partial charge on any atom is 0.340 e. The van der Waals surface area contributed by atoms with Crippen LogP contribution in [0.15, 0.2) is 11.1 Å². The molecule has 1 saturated heterocycles. The third-order valence-corrected chi connectivity index (χ3v) is 6.64. The fourth-order valence-corrected chi connectivity index (χ4v) is 5.19. The molecule has 2 aliphatic rings. The first-order valence-corrected chi connectivity index (χ1v) is 10.8. The molecule has 0 aliphatic carbocycles. The van der Waals surface area contributed by atoms with Crippen LogP contribution < -0.4 is 5.32 Å². The summed E-state index contributed by atoms with van der Waals surface area (Å²) in [5.41, 5.74) is 0.347. The Balaban J connectivity index is 1.61. The Kier molecular flexibility index (Phi) is 7.08. The molecule has 0 aromatic carbocycles. The van der Waals surface area contributed by atoms with Crippen LogP contribution in [0.3, 0.4) is 0 Å². The number of carbonyl (C=O) groups excluding carboxylic acids is 3. The van der Waals surface area contributed by atoms with Crippen LogP contribution >= 0.6 is 23.1 Å². The number of amides is 2. The molecule has 1 atom stereocenters. The number of thioether (sulfide) groups is 1. The number of rotatable bonds is 6. The van der Waals surface area contributed by atoms with Gasteiger partial charge in [0, 0.05) is 24.4 Å². The second-order valence-corrected chi connectivity index (χ2v) is 8.69. The first-order chi connectivity index (χ1) is 13.5. The molecular weight excluding hydrogens is 402 g/mol. The highest BCUT2D eigenvalue weighted by Gasteiger charge is 2.34. The number of thiophene rings is 1. The van der Waals surface area contributed by atoms with Crippen molar-refractivity contribution in [3.8, 4) is 0 Å². The summed E-state index contributed by atoms with van der Waals surface area (Å²) in [6.45, 7) is 4.64. The van der Waals surface area contributed by atoms with Crippen molar-refractivity contribution in [1.29, 1.82) is 0 Å². The van der Waals surface area contributed by atoms with E-state index in [1.54, 1.807) is 6.07 Å². The van der Waals surface area contributed by atoms with Crippen LogP contribution in [0.4, 0.5) is 5.00 Å². The van der Waals surface area contributed by atoms with Gasteiger partial charge in [0.15, 0.2) is 5.17 Å². The van der Waals surface area contributed by atoms with Crippen molar-refractivity contribution in [1.82, 2.24) is 4.90 Å². The summed E-state index contributed by atoms with van der Waals surface area (Å²) in [4.78, 5) is 43.8. The third-order valence-electron chi connectivity index (χ3n) is 4.32. The van der Waals surface area contributed by atoms with Gasteiger partial charge in [0.05, 0.1) is 25.9 Å². The highest BCUT2D eigenvalue weighted by molar-refractivity contribution is 8.15. The van der Waals surface area contributed by atoms with Crippen molar-refractivity contribution in [2.45, 2.75) is 31.4 Å². The van der Waals surface area contributed by atoms with E-state index in [4.69, 9.17) is 9.47 Å². The Morgan fingerprint density at radius 3 is 2.82 bits per heavy atom. The molecule has 3 heterocycles. The number of amidine groups is 1. The molecule has 0 saturated carbocycles. The number of aliphatic imine (C=N–C) groups is 1. The molecule has 2 aliphatic heterocycles. The molecule has 152 valence electrons. The fourth-order valence-electron chi connectivity index (χ4n) is 2.91. The summed E-state index contributed by atoms with van der Waals surface area (Å²) < 4.78 is 10.1. The zero-order chi connectivity index (χ0) is 20.1. The number of ether oxygens (including phenoxy) is 2. The second kappa shape index (κ2) is 9.53. The van der Waals surface area contributed by atoms with Crippen molar-refractivity contribution in [2.24, 2.45) is 4.99 Å². The van der Waals surface area contributed by atoms with Crippen LogP contribution in [0.1, 0.15) is 35.0 Å². The van der Waals surface area contributed by atoms with Crippen molar-refractivity contribution >= 4 is 51.1 Å². The average molecular weight is 426 g/mol. The van der Waals surface area contributed by atoms with Gasteiger partial charge < -0.3 is 19.7 Å². The van der Waals surface area contributed by atoms with Crippen LogP contribution in [0, 0.1) is 0 Å². The standard InChI is InChI=1S/C18H23N3O5S2/c1-3-4-11-9-12(17(24)25-2)16(27-11)19-14(22)10-13-15(23)20-18(28-13)21-5-7-26-8-6-21/h9,13H,3-8,10H2,1-2H3,(H,19,22)/t13-/m1/s1. The van der Waals surface area contributed by atoms with Gasteiger partial charge >= 0.3 is 5.97 Å². The van der Waals surface area contributed by atoms with Crippen LogP contribution in [0.2, 0.25) is 0 Å². The summed E-state index contributed by atoms with van der Waals surface area (Å²) in [5.74, 6) is -1.11. The number of morpholine rings is 1. The van der Waals surface area contributed by atoms with Crippen LogP contribution in [0.25, 0.3) is 0 Å². The zero-order valence-electron chi connectivity index (χ0n) is 15.9. The molecule has 1 N–H and O–H groups in total. The first-order valence-electron chi connectivity index (χ1n) is 9.14. The number of nitrogens with one attached hydrogen (secondary N) is 1. The first kappa shape index (κ1) is 20.8. The highest BCUT2D eigenvalue weighted by Crippen LogP contribution is 2.32. The molecule has 28 heavy (non-hydrogen) atoms. The Morgan fingerprint density at radius 1 is 1.39 bits per heavy atom. The molecule has 8 nitrogen and oxygen atoms in total. The van der Waals surface area contributed by atoms with E-state index < -0.39 is 11.2 Å². The molecule has 0 unspecified atom stereocenters. The van der Waals surface area contributed by atoms with Crippen molar-refractivity contribution in [3.63, 3.8) is 0 Å². The number of carbonyl (C=O) groups is 3. The Hall–Kier alpha value is -1.91. The maximum absolute atomic E-state index is 12.5. The minimum Gasteiger partial charge on any atom is -0.465 e. The third kappa shape index (κ3) is 4.92. The molecule has 0 spiro atoms. The quantitative estimate of drug-likeness (QED) is 0.698. The van der Waals surface area contributed by atoms with E-state index in [2.05, 4.69) is 10.3 Å². The summed E-state index contributed by atoms with van der Waals surface area (Å²) in [6.07, 6.45) is 1.75. The van der Waals surface area contributed by atoms with Crippen molar-refractivity contribution < 1.29 is 23.9 Å². The van der Waals surface area contributed by atoms with Gasteiger partial charge in [-0.25, -0.2) is 4.79 Å². The molecule has 1 aromatic rings. The molecule has 0 radical (unpaired) electrons. The van der Waals surface area contributed by atoms with Crippen LogP contribution in [0.5, 0.6) is 0 Å². The number of nitrogens with zero attached hydrogens (tertiary/aromatic N) is 2. The predicted octanol–water partition coefficient (Wildman–Crippen LogP) is 2.15. The van der Waals surface area contributed by atoms with Gasteiger partial charge in [0.25, 0.3) is 5.91 Å². The molecule has 2 amide bonds. The van der Waals surface area contributed by atoms with Gasteiger partial charge in [-0.05, 0) is 12.5 Å². The number of aryl methyl sites for hydroxylation is 1. The molecule has 3 rings (SSSR count). The van der Waals surface area contributed by atoms with Gasteiger partial charge in [-0.2, -0.15) is 4.99 Å². The van der Waals surface area contributed by atoms with E-state index in [1.165, 1.54) is 30.2 Å². The number of anilines is 1. The lowest BCUT2D eigenvalue weighted by Crippen LogP contribution is -2.39. The molecule has 1 fully saturated rings. The normalized spacial score (nSPS) is 19.5. The second-order valence-electron chi connectivity index (χ2n) is 6.39. The van der Waals surface area contributed by atoms with Gasteiger partial charge in [-0.15, -0.1) is 11.3 Å². The summed E-state index contributed by atoms with van der Waals surface area (Å²) in [7, 11) is 1.31.